The molecule has 0 spiro atoms. The number of ether oxygens (including phenoxy) is 2. The van der Waals surface area contributed by atoms with Gasteiger partial charge in [0.1, 0.15) is 34.2 Å². The van der Waals surface area contributed by atoms with Crippen molar-refractivity contribution in [3.63, 3.8) is 0 Å². The lowest BCUT2D eigenvalue weighted by Crippen LogP contribution is -2.21. The Morgan fingerprint density at radius 2 is 1.14 bits per heavy atom. The summed E-state index contributed by atoms with van der Waals surface area (Å²) in [7, 11) is 1.52. The molecule has 6 aromatic rings. The van der Waals surface area contributed by atoms with E-state index in [1.807, 2.05) is 0 Å². The smallest absolute Gasteiger partial charge is 0.344 e. The third-order valence-electron chi connectivity index (χ3n) is 6.97. The molecule has 42 heavy (non-hydrogen) atoms. The van der Waals surface area contributed by atoms with Crippen LogP contribution in [-0.2, 0) is 0 Å². The lowest BCUT2D eigenvalue weighted by Gasteiger charge is -2.20. The minimum atomic E-state index is -1.31. The van der Waals surface area contributed by atoms with Crippen LogP contribution in [0.5, 0.6) is 23.0 Å². The second kappa shape index (κ2) is 10.6. The predicted octanol–water partition coefficient (Wildman–Crippen LogP) is 5.72. The van der Waals surface area contributed by atoms with Crippen LogP contribution in [-0.4, -0.2) is 23.3 Å². The molecule has 0 saturated carbocycles. The number of fused-ring (bicyclic) bond motifs is 2. The quantitative estimate of drug-likeness (QED) is 0.148. The molecule has 0 fully saturated rings. The van der Waals surface area contributed by atoms with E-state index >= 15 is 0 Å². The monoisotopic (exact) mass is 562 g/mol. The van der Waals surface area contributed by atoms with E-state index in [9.17, 15) is 24.6 Å². The normalized spacial score (nSPS) is 11.2. The highest BCUT2D eigenvalue weighted by atomic mass is 16.5. The molecular weight excluding hydrogens is 540 g/mol. The van der Waals surface area contributed by atoms with Gasteiger partial charge < -0.3 is 28.5 Å². The van der Waals surface area contributed by atoms with E-state index in [1.165, 1.54) is 43.5 Å². The molecule has 2 heterocycles. The summed E-state index contributed by atoms with van der Waals surface area (Å²) in [5, 5.41) is 23.1. The highest BCUT2D eigenvalue weighted by Crippen LogP contribution is 2.42. The van der Waals surface area contributed by atoms with Gasteiger partial charge in [0.25, 0.3) is 0 Å². The molecule has 0 radical (unpaired) electrons. The summed E-state index contributed by atoms with van der Waals surface area (Å²) in [6.45, 7) is 0. The number of carbonyl (C=O) groups excluding carboxylic acids is 1. The van der Waals surface area contributed by atoms with Crippen LogP contribution in [0.2, 0.25) is 0 Å². The van der Waals surface area contributed by atoms with Crippen LogP contribution < -0.4 is 20.7 Å². The van der Waals surface area contributed by atoms with Crippen molar-refractivity contribution in [2.45, 2.75) is 5.92 Å². The second-order valence-corrected chi connectivity index (χ2v) is 9.42. The fourth-order valence-electron chi connectivity index (χ4n) is 4.90. The molecule has 4 aromatic carbocycles. The topological polar surface area (TPSA) is 136 Å². The van der Waals surface area contributed by atoms with Crippen LogP contribution in [0.4, 0.5) is 0 Å². The maximum absolute atomic E-state index is 13.3. The van der Waals surface area contributed by atoms with Crippen molar-refractivity contribution in [3.05, 3.63) is 140 Å². The Labute approximate surface area is 237 Å². The van der Waals surface area contributed by atoms with Crippen molar-refractivity contribution >= 4 is 27.9 Å². The van der Waals surface area contributed by atoms with Gasteiger partial charge in [-0.1, -0.05) is 36.4 Å². The Bertz CT molecular complexity index is 1970. The predicted molar refractivity (Wildman–Crippen MR) is 154 cm³/mol. The van der Waals surface area contributed by atoms with Crippen molar-refractivity contribution in [3.8, 4) is 23.0 Å². The van der Waals surface area contributed by atoms with Gasteiger partial charge in [0.15, 0.2) is 0 Å². The fraction of sp³-hybridized carbons (Fsp3) is 0.0606. The molecule has 9 heteroatoms. The maximum atomic E-state index is 13.3. The van der Waals surface area contributed by atoms with E-state index in [4.69, 9.17) is 18.3 Å². The molecule has 0 unspecified atom stereocenters. The molecule has 0 bridgehead atoms. The van der Waals surface area contributed by atoms with Crippen molar-refractivity contribution in [2.75, 3.05) is 7.11 Å². The summed E-state index contributed by atoms with van der Waals surface area (Å²) >= 11 is 0. The largest absolute Gasteiger partial charge is 0.507 e. The minimum absolute atomic E-state index is 0.151. The second-order valence-electron chi connectivity index (χ2n) is 9.42. The molecule has 0 aliphatic heterocycles. The molecule has 0 atom stereocenters. The van der Waals surface area contributed by atoms with E-state index in [0.29, 0.717) is 16.9 Å². The number of carbonyl (C=O) groups is 1. The molecule has 0 aliphatic carbocycles. The minimum Gasteiger partial charge on any atom is -0.507 e. The zero-order valence-corrected chi connectivity index (χ0v) is 22.1. The zero-order chi connectivity index (χ0) is 29.4. The number of hydrogen-bond donors (Lipinski definition) is 2. The van der Waals surface area contributed by atoms with Crippen molar-refractivity contribution < 1.29 is 33.3 Å². The molecule has 208 valence electrons. The Kier molecular flexibility index (Phi) is 6.68. The zero-order valence-electron chi connectivity index (χ0n) is 22.1. The number of benzene rings is 4. The SMILES string of the molecule is COc1ccc(C(=O)Oc2ccc(C(c3c(O)c4ccccc4oc3=O)c3c(O)c4ccccc4oc3=O)cc2)cc1. The third kappa shape index (κ3) is 4.62. The van der Waals surface area contributed by atoms with Crippen LogP contribution in [0.15, 0.2) is 115 Å². The van der Waals surface area contributed by atoms with Crippen molar-refractivity contribution in [2.24, 2.45) is 0 Å². The number of rotatable bonds is 6. The first kappa shape index (κ1) is 26.4. The lowest BCUT2D eigenvalue weighted by molar-refractivity contribution is 0.0734. The Balaban J connectivity index is 1.49. The van der Waals surface area contributed by atoms with Gasteiger partial charge in [-0.3, -0.25) is 0 Å². The van der Waals surface area contributed by atoms with Crippen LogP contribution >= 0.6 is 0 Å². The van der Waals surface area contributed by atoms with Crippen LogP contribution in [0.25, 0.3) is 21.9 Å². The summed E-state index contributed by atoms with van der Waals surface area (Å²) in [6.07, 6.45) is 0. The number of hydrogen-bond acceptors (Lipinski definition) is 9. The summed E-state index contributed by atoms with van der Waals surface area (Å²) in [5.74, 6) is -1.96. The van der Waals surface area contributed by atoms with Crippen molar-refractivity contribution in [1.29, 1.82) is 0 Å². The van der Waals surface area contributed by atoms with E-state index in [-0.39, 0.29) is 38.8 Å². The number of methoxy groups -OCH3 is 1. The van der Waals surface area contributed by atoms with Gasteiger partial charge >= 0.3 is 17.2 Å². The standard InChI is InChI=1S/C33H22O9/c1-39-20-14-12-19(13-15-20)31(36)40-21-16-10-18(11-17-21)26(27-29(34)22-6-2-4-8-24(22)41-32(27)37)28-30(35)23-7-3-5-9-25(23)42-33(28)38/h2-17,26,34-35H,1H3. The Morgan fingerprint density at radius 1 is 0.667 bits per heavy atom. The molecule has 0 amide bonds. The first-order valence-electron chi connectivity index (χ1n) is 12.8. The van der Waals surface area contributed by atoms with Crippen LogP contribution in [0, 0.1) is 0 Å². The van der Waals surface area contributed by atoms with Gasteiger partial charge in [0.05, 0.1) is 40.5 Å². The first-order valence-corrected chi connectivity index (χ1v) is 12.8. The van der Waals surface area contributed by atoms with E-state index < -0.39 is 34.6 Å². The molecule has 9 nitrogen and oxygen atoms in total. The highest BCUT2D eigenvalue weighted by molar-refractivity contribution is 5.91. The van der Waals surface area contributed by atoms with Crippen LogP contribution in [0.3, 0.4) is 0 Å². The van der Waals surface area contributed by atoms with Gasteiger partial charge in [-0.25, -0.2) is 14.4 Å². The third-order valence-corrected chi connectivity index (χ3v) is 6.97. The van der Waals surface area contributed by atoms with Gasteiger partial charge in [-0.05, 0) is 66.2 Å². The summed E-state index contributed by atoms with van der Waals surface area (Å²) < 4.78 is 21.6. The number of esters is 1. The van der Waals surface area contributed by atoms with E-state index in [0.717, 1.165) is 0 Å². The van der Waals surface area contributed by atoms with E-state index in [2.05, 4.69) is 0 Å². The molecule has 2 aromatic heterocycles. The highest BCUT2D eigenvalue weighted by Gasteiger charge is 2.32. The first-order chi connectivity index (χ1) is 20.4. The lowest BCUT2D eigenvalue weighted by atomic mass is 9.84. The Morgan fingerprint density at radius 3 is 1.64 bits per heavy atom. The Hall–Kier alpha value is -5.83. The summed E-state index contributed by atoms with van der Waals surface area (Å²) in [6, 6.07) is 25.2. The number of aromatic hydroxyl groups is 2. The number of para-hydroxylation sites is 2. The summed E-state index contributed by atoms with van der Waals surface area (Å²) in [5.41, 5.74) is -1.43. The van der Waals surface area contributed by atoms with Gasteiger partial charge in [-0.2, -0.15) is 0 Å². The average molecular weight is 563 g/mol. The average Bonchev–Trinajstić information content (AvgIpc) is 3.00. The molecule has 6 rings (SSSR count). The molecule has 0 saturated heterocycles. The molecular formula is C33H22O9. The maximum Gasteiger partial charge on any atom is 0.344 e. The van der Waals surface area contributed by atoms with Crippen molar-refractivity contribution in [1.82, 2.24) is 0 Å². The summed E-state index contributed by atoms with van der Waals surface area (Å²) in [4.78, 5) is 39.3. The van der Waals surface area contributed by atoms with Gasteiger partial charge in [0, 0.05) is 0 Å². The van der Waals surface area contributed by atoms with Gasteiger partial charge in [0.2, 0.25) is 0 Å². The van der Waals surface area contributed by atoms with E-state index in [1.54, 1.807) is 60.7 Å². The fourth-order valence-corrected chi connectivity index (χ4v) is 4.90. The van der Waals surface area contributed by atoms with Gasteiger partial charge in [-0.15, -0.1) is 0 Å². The van der Waals surface area contributed by atoms with Crippen LogP contribution in [0.1, 0.15) is 33.0 Å². The molecule has 0 aliphatic rings. The molecule has 2 N–H and O–H groups in total.